The molecule has 0 saturated heterocycles. The lowest BCUT2D eigenvalue weighted by Gasteiger charge is -2.05. The zero-order valence-corrected chi connectivity index (χ0v) is 6.52. The van der Waals surface area contributed by atoms with E-state index in [9.17, 15) is 13.6 Å². The van der Waals surface area contributed by atoms with Crippen molar-refractivity contribution in [2.45, 2.75) is 31.1 Å². The summed E-state index contributed by atoms with van der Waals surface area (Å²) in [5, 5.41) is 7.42. The minimum absolute atomic E-state index is 0.0984. The number of aliphatic carboxylic acids is 1. The normalized spacial score (nSPS) is 13.5. The van der Waals surface area contributed by atoms with E-state index >= 15 is 0 Å². The van der Waals surface area contributed by atoms with Gasteiger partial charge in [0.15, 0.2) is 0 Å². The van der Waals surface area contributed by atoms with E-state index in [4.69, 9.17) is 16.7 Å². The predicted molar refractivity (Wildman–Crippen MR) is 37.1 cm³/mol. The lowest BCUT2D eigenvalue weighted by atomic mass is 10.2. The first-order chi connectivity index (χ1) is 5.02. The number of carbonyl (C=O) groups is 1. The molecule has 0 fully saturated rings. The summed E-state index contributed by atoms with van der Waals surface area (Å²) >= 11 is 5.38. The Bertz CT molecular complexity index is 130. The van der Waals surface area contributed by atoms with Crippen LogP contribution in [-0.4, -0.2) is 22.9 Å². The number of rotatable bonds is 5. The molecular weight excluding hydrogens is 178 g/mol. The van der Waals surface area contributed by atoms with Crippen LogP contribution in [0.2, 0.25) is 0 Å². The average molecular weight is 187 g/mol. The van der Waals surface area contributed by atoms with Crippen molar-refractivity contribution in [1.29, 1.82) is 0 Å². The van der Waals surface area contributed by atoms with Gasteiger partial charge in [0.25, 0.3) is 0 Å². The molecule has 0 bridgehead atoms. The molecule has 0 radical (unpaired) electrons. The van der Waals surface area contributed by atoms with Gasteiger partial charge in [0.05, 0.1) is 0 Å². The van der Waals surface area contributed by atoms with Crippen LogP contribution in [0, 0.1) is 0 Å². The van der Waals surface area contributed by atoms with Crippen molar-refractivity contribution in [3.63, 3.8) is 0 Å². The summed E-state index contributed by atoms with van der Waals surface area (Å²) in [4.78, 5) is 9.94. The van der Waals surface area contributed by atoms with Gasteiger partial charge in [-0.2, -0.15) is 0 Å². The highest BCUT2D eigenvalue weighted by atomic mass is 35.5. The van der Waals surface area contributed by atoms with Crippen molar-refractivity contribution >= 4 is 17.6 Å². The van der Waals surface area contributed by atoms with Crippen LogP contribution in [0.5, 0.6) is 0 Å². The quantitative estimate of drug-likeness (QED) is 0.668. The largest absolute Gasteiger partial charge is 0.481 e. The SMILES string of the molecule is O=C(O)CCC(Cl)CC(F)F. The van der Waals surface area contributed by atoms with Crippen LogP contribution in [0.1, 0.15) is 19.3 Å². The van der Waals surface area contributed by atoms with Gasteiger partial charge in [0, 0.05) is 18.2 Å². The van der Waals surface area contributed by atoms with Crippen LogP contribution in [0.15, 0.2) is 0 Å². The lowest BCUT2D eigenvalue weighted by Crippen LogP contribution is -2.07. The van der Waals surface area contributed by atoms with Crippen molar-refractivity contribution in [3.8, 4) is 0 Å². The molecule has 0 heterocycles. The number of hydrogen-bond donors (Lipinski definition) is 1. The van der Waals surface area contributed by atoms with E-state index in [-0.39, 0.29) is 12.8 Å². The molecule has 1 atom stereocenters. The molecule has 5 heteroatoms. The first-order valence-electron chi connectivity index (χ1n) is 3.16. The summed E-state index contributed by atoms with van der Waals surface area (Å²) in [5.74, 6) is -1.01. The number of carboxylic acid groups (broad SMARTS) is 1. The van der Waals surface area contributed by atoms with Crippen molar-refractivity contribution in [3.05, 3.63) is 0 Å². The summed E-state index contributed by atoms with van der Waals surface area (Å²) in [6, 6.07) is 0. The maximum Gasteiger partial charge on any atom is 0.303 e. The van der Waals surface area contributed by atoms with Gasteiger partial charge in [-0.25, -0.2) is 8.78 Å². The van der Waals surface area contributed by atoms with Crippen LogP contribution < -0.4 is 0 Å². The van der Waals surface area contributed by atoms with E-state index in [1.807, 2.05) is 0 Å². The first kappa shape index (κ1) is 10.6. The van der Waals surface area contributed by atoms with Crippen LogP contribution >= 0.6 is 11.6 Å². The zero-order valence-electron chi connectivity index (χ0n) is 5.77. The average Bonchev–Trinajstić information content (AvgIpc) is 1.82. The van der Waals surface area contributed by atoms with E-state index in [1.165, 1.54) is 0 Å². The van der Waals surface area contributed by atoms with E-state index in [0.29, 0.717) is 0 Å². The molecule has 0 aliphatic rings. The Labute approximate surface area is 68.2 Å². The van der Waals surface area contributed by atoms with E-state index in [0.717, 1.165) is 0 Å². The number of hydrogen-bond acceptors (Lipinski definition) is 1. The molecule has 2 nitrogen and oxygen atoms in total. The van der Waals surface area contributed by atoms with Crippen molar-refractivity contribution in [1.82, 2.24) is 0 Å². The van der Waals surface area contributed by atoms with Gasteiger partial charge in [-0.3, -0.25) is 4.79 Å². The van der Waals surface area contributed by atoms with E-state index in [1.54, 1.807) is 0 Å². The Morgan fingerprint density at radius 1 is 1.55 bits per heavy atom. The molecule has 0 rings (SSSR count). The highest BCUT2D eigenvalue weighted by Crippen LogP contribution is 2.14. The number of alkyl halides is 3. The summed E-state index contributed by atoms with van der Waals surface area (Å²) in [7, 11) is 0. The minimum Gasteiger partial charge on any atom is -0.481 e. The Kier molecular flexibility index (Phi) is 5.11. The monoisotopic (exact) mass is 186 g/mol. The molecule has 0 amide bonds. The first-order valence-corrected chi connectivity index (χ1v) is 3.60. The number of halogens is 3. The van der Waals surface area contributed by atoms with Gasteiger partial charge in [-0.05, 0) is 6.42 Å². The molecule has 1 unspecified atom stereocenters. The van der Waals surface area contributed by atoms with Crippen molar-refractivity contribution < 1.29 is 18.7 Å². The second-order valence-corrected chi connectivity index (χ2v) is 2.77. The molecule has 0 aromatic carbocycles. The standard InChI is InChI=1S/C6H9ClF2O2/c7-4(3-5(8)9)1-2-6(10)11/h4-5H,1-3H2,(H,10,11). The molecular formula is C6H9ClF2O2. The predicted octanol–water partition coefficient (Wildman–Crippen LogP) is 2.11. The van der Waals surface area contributed by atoms with Crippen molar-refractivity contribution in [2.24, 2.45) is 0 Å². The second kappa shape index (κ2) is 5.29. The van der Waals surface area contributed by atoms with Crippen molar-refractivity contribution in [2.75, 3.05) is 0 Å². The Morgan fingerprint density at radius 2 is 2.09 bits per heavy atom. The smallest absolute Gasteiger partial charge is 0.303 e. The van der Waals surface area contributed by atoms with Gasteiger partial charge in [-0.1, -0.05) is 0 Å². The Morgan fingerprint density at radius 3 is 2.45 bits per heavy atom. The summed E-state index contributed by atoms with van der Waals surface area (Å²) in [6.45, 7) is 0. The van der Waals surface area contributed by atoms with Crippen LogP contribution in [0.25, 0.3) is 0 Å². The molecule has 11 heavy (non-hydrogen) atoms. The zero-order chi connectivity index (χ0) is 8.85. The molecule has 0 saturated carbocycles. The fraction of sp³-hybridized carbons (Fsp3) is 0.833. The molecule has 0 aliphatic carbocycles. The fourth-order valence-electron chi connectivity index (χ4n) is 0.591. The number of carboxylic acids is 1. The highest BCUT2D eigenvalue weighted by Gasteiger charge is 2.13. The Balaban J connectivity index is 3.37. The summed E-state index contributed by atoms with van der Waals surface area (Å²) in [6.07, 6.45) is -2.94. The third-order valence-corrected chi connectivity index (χ3v) is 1.50. The molecule has 0 aromatic rings. The second-order valence-electron chi connectivity index (χ2n) is 2.16. The van der Waals surface area contributed by atoms with Crippen LogP contribution in [0.4, 0.5) is 8.78 Å². The summed E-state index contributed by atoms with van der Waals surface area (Å²) in [5.41, 5.74) is 0. The van der Waals surface area contributed by atoms with Gasteiger partial charge in [0.1, 0.15) is 0 Å². The van der Waals surface area contributed by atoms with Gasteiger partial charge in [0.2, 0.25) is 6.43 Å². The van der Waals surface area contributed by atoms with Crippen LogP contribution in [0.3, 0.4) is 0 Å². The molecule has 0 spiro atoms. The highest BCUT2D eigenvalue weighted by molar-refractivity contribution is 6.20. The third-order valence-electron chi connectivity index (χ3n) is 1.11. The molecule has 1 N–H and O–H groups in total. The molecule has 66 valence electrons. The van der Waals surface area contributed by atoms with Gasteiger partial charge in [-0.15, -0.1) is 11.6 Å². The maximum absolute atomic E-state index is 11.6. The van der Waals surface area contributed by atoms with Gasteiger partial charge < -0.3 is 5.11 Å². The van der Waals surface area contributed by atoms with E-state index in [2.05, 4.69) is 0 Å². The summed E-state index contributed by atoms with van der Waals surface area (Å²) < 4.78 is 23.2. The third kappa shape index (κ3) is 7.52. The minimum atomic E-state index is -2.45. The topological polar surface area (TPSA) is 37.3 Å². The molecule has 0 aliphatic heterocycles. The Hall–Kier alpha value is -0.380. The maximum atomic E-state index is 11.6. The lowest BCUT2D eigenvalue weighted by molar-refractivity contribution is -0.137. The van der Waals surface area contributed by atoms with Crippen LogP contribution in [-0.2, 0) is 4.79 Å². The van der Waals surface area contributed by atoms with E-state index < -0.39 is 24.2 Å². The van der Waals surface area contributed by atoms with Gasteiger partial charge >= 0.3 is 5.97 Å². The molecule has 0 aromatic heterocycles. The fourth-order valence-corrected chi connectivity index (χ4v) is 0.835.